The van der Waals surface area contributed by atoms with Crippen molar-refractivity contribution < 1.29 is 48.3 Å². The third kappa shape index (κ3) is 16.3. The van der Waals surface area contributed by atoms with Gasteiger partial charge in [0.2, 0.25) is 47.3 Å². The number of amides is 8. The lowest BCUT2D eigenvalue weighted by molar-refractivity contribution is -0.143. The molecule has 19 heteroatoms. The van der Waals surface area contributed by atoms with Gasteiger partial charge in [-0.05, 0) is 6.20 Å². The molecule has 0 radical (unpaired) electrons. The number of likely N-dealkylation sites (N-methyl/N-ethyl adjacent to an activating group) is 6. The molecule has 0 atom stereocenters. The number of rotatable bonds is 19. The molecule has 0 saturated heterocycles. The Kier molecular flexibility index (Phi) is 17.6. The van der Waals surface area contributed by atoms with Gasteiger partial charge in [0.1, 0.15) is 6.54 Å². The summed E-state index contributed by atoms with van der Waals surface area (Å²) in [6.07, 6.45) is 1.34. The molecule has 4 N–H and O–H groups in total. The van der Waals surface area contributed by atoms with E-state index in [0.29, 0.717) is 0 Å². The highest BCUT2D eigenvalue weighted by Gasteiger charge is 2.23. The molecule has 0 spiro atoms. The van der Waals surface area contributed by atoms with Gasteiger partial charge in [0.05, 0.1) is 52.4 Å². The summed E-state index contributed by atoms with van der Waals surface area (Å²) < 4.78 is 0. The van der Waals surface area contributed by atoms with E-state index in [0.717, 1.165) is 24.5 Å². The number of hydrogen-bond donors (Lipinski definition) is 4. The van der Waals surface area contributed by atoms with Gasteiger partial charge < -0.3 is 50.5 Å². The van der Waals surface area contributed by atoms with Crippen molar-refractivity contribution in [2.24, 2.45) is 0 Å². The summed E-state index contributed by atoms with van der Waals surface area (Å²) >= 11 is 0. The molecule has 0 aromatic rings. The van der Waals surface area contributed by atoms with Crippen LogP contribution >= 0.6 is 0 Å². The van der Waals surface area contributed by atoms with Crippen molar-refractivity contribution in [2.45, 2.75) is 0 Å². The molecule has 0 saturated carbocycles. The Bertz CT molecular complexity index is 1150. The van der Waals surface area contributed by atoms with Crippen LogP contribution in [0.15, 0.2) is 12.8 Å². The van der Waals surface area contributed by atoms with E-state index < -0.39 is 86.6 Å². The zero-order valence-electron chi connectivity index (χ0n) is 26.5. The largest absolute Gasteiger partial charge is 0.480 e. The van der Waals surface area contributed by atoms with E-state index in [9.17, 15) is 43.2 Å². The molecule has 0 bridgehead atoms. The molecule has 8 amide bonds. The molecule has 19 nitrogen and oxygen atoms in total. The SMILES string of the molecule is C=CNCC(=O)N(C)CC(=O)N(C)CC(=O)N(C)CC(=O)NCC(=O)N(C)CC(=O)N(C)CC(=O)N(C)CC(=O)NCC(=O)O. The van der Waals surface area contributed by atoms with Crippen molar-refractivity contribution in [3.8, 4) is 0 Å². The molecular weight excluding hydrogens is 598 g/mol. The Labute approximate surface area is 261 Å². The highest BCUT2D eigenvalue weighted by Crippen LogP contribution is 1.96. The molecule has 0 aliphatic carbocycles. The number of hydrogen-bond acceptors (Lipinski definition) is 10. The van der Waals surface area contributed by atoms with Crippen LogP contribution in [0.1, 0.15) is 0 Å². The van der Waals surface area contributed by atoms with Crippen LogP contribution < -0.4 is 16.0 Å². The lowest BCUT2D eigenvalue weighted by Crippen LogP contribution is -2.48. The molecule has 0 rings (SSSR count). The number of carboxylic acids is 1. The highest BCUT2D eigenvalue weighted by molar-refractivity contribution is 5.93. The minimum Gasteiger partial charge on any atom is -0.480 e. The molecule has 0 aromatic carbocycles. The molecule has 252 valence electrons. The summed E-state index contributed by atoms with van der Waals surface area (Å²) in [4.78, 5) is 115. The van der Waals surface area contributed by atoms with Crippen LogP contribution in [0.25, 0.3) is 0 Å². The summed E-state index contributed by atoms with van der Waals surface area (Å²) in [6.45, 7) is -0.000709. The quantitative estimate of drug-likeness (QED) is 0.104. The summed E-state index contributed by atoms with van der Waals surface area (Å²) in [6, 6.07) is 0. The van der Waals surface area contributed by atoms with Crippen LogP contribution in [0, 0.1) is 0 Å². The Hall–Kier alpha value is -5.23. The van der Waals surface area contributed by atoms with Crippen LogP contribution in [0.4, 0.5) is 0 Å². The molecule has 0 heterocycles. The van der Waals surface area contributed by atoms with Gasteiger partial charge in [-0.3, -0.25) is 43.2 Å². The van der Waals surface area contributed by atoms with Crippen molar-refractivity contribution in [1.82, 2.24) is 45.3 Å². The van der Waals surface area contributed by atoms with Crippen LogP contribution in [-0.4, -0.2) is 189 Å². The van der Waals surface area contributed by atoms with Gasteiger partial charge in [-0.1, -0.05) is 6.58 Å². The average molecular weight is 642 g/mol. The monoisotopic (exact) mass is 641 g/mol. The first kappa shape index (κ1) is 39.8. The molecule has 0 unspecified atom stereocenters. The van der Waals surface area contributed by atoms with E-state index in [2.05, 4.69) is 22.5 Å². The van der Waals surface area contributed by atoms with Crippen molar-refractivity contribution >= 4 is 53.2 Å². The normalized spacial score (nSPS) is 10.0. The maximum absolute atomic E-state index is 12.5. The van der Waals surface area contributed by atoms with Gasteiger partial charge in [-0.15, -0.1) is 0 Å². The molecule has 45 heavy (non-hydrogen) atoms. The molecule has 0 aromatic heterocycles. The molecule has 0 fully saturated rings. The lowest BCUT2D eigenvalue weighted by Gasteiger charge is -2.25. The second kappa shape index (κ2) is 19.9. The van der Waals surface area contributed by atoms with Gasteiger partial charge in [0.25, 0.3) is 0 Å². The van der Waals surface area contributed by atoms with E-state index in [-0.39, 0.29) is 25.5 Å². The van der Waals surface area contributed by atoms with E-state index in [1.807, 2.05) is 0 Å². The van der Waals surface area contributed by atoms with Crippen LogP contribution in [0.3, 0.4) is 0 Å². The first-order valence-electron chi connectivity index (χ1n) is 13.4. The Morgan fingerprint density at radius 3 is 1.11 bits per heavy atom. The van der Waals surface area contributed by atoms with Crippen LogP contribution in [-0.2, 0) is 43.2 Å². The predicted molar refractivity (Wildman–Crippen MR) is 158 cm³/mol. The van der Waals surface area contributed by atoms with Gasteiger partial charge in [0, 0.05) is 42.3 Å². The Morgan fingerprint density at radius 2 is 0.778 bits per heavy atom. The minimum absolute atomic E-state index is 0.0412. The fourth-order valence-corrected chi connectivity index (χ4v) is 3.14. The number of carbonyl (C=O) groups is 9. The van der Waals surface area contributed by atoms with Gasteiger partial charge in [0.15, 0.2) is 0 Å². The number of aliphatic carboxylic acids is 1. The van der Waals surface area contributed by atoms with Crippen molar-refractivity contribution in [2.75, 3.05) is 101 Å². The number of nitrogens with zero attached hydrogens (tertiary/aromatic N) is 6. The first-order chi connectivity index (χ1) is 20.9. The van der Waals surface area contributed by atoms with Crippen LogP contribution in [0.5, 0.6) is 0 Å². The molecule has 0 aliphatic rings. The second-order valence-corrected chi connectivity index (χ2v) is 10.0. The summed E-state index contributed by atoms with van der Waals surface area (Å²) in [5, 5.41) is 15.7. The van der Waals surface area contributed by atoms with Gasteiger partial charge in [-0.2, -0.15) is 0 Å². The van der Waals surface area contributed by atoms with Crippen LogP contribution in [0.2, 0.25) is 0 Å². The van der Waals surface area contributed by atoms with E-state index in [4.69, 9.17) is 5.11 Å². The zero-order chi connectivity index (χ0) is 34.9. The third-order valence-electron chi connectivity index (χ3n) is 6.08. The zero-order valence-corrected chi connectivity index (χ0v) is 26.5. The molecular formula is C26H43N9O10. The van der Waals surface area contributed by atoms with Gasteiger partial charge in [-0.25, -0.2) is 0 Å². The lowest BCUT2D eigenvalue weighted by atomic mass is 10.3. The average Bonchev–Trinajstić information content (AvgIpc) is 2.96. The van der Waals surface area contributed by atoms with E-state index in [1.165, 1.54) is 53.4 Å². The fraction of sp³-hybridized carbons (Fsp3) is 0.577. The standard InChI is InChI=1S/C26H43N9O10/c1-8-27-9-20(38)32(4)14-24(42)34(6)16-22(40)30(2)12-18(36)28-10-21(39)33(5)15-25(43)35(7)17-23(41)31(3)13-19(37)29-11-26(44)45/h8,27H,1,9-17H2,2-7H3,(H,28,36)(H,29,37)(H,44,45). The Balaban J connectivity index is 4.61. The smallest absolute Gasteiger partial charge is 0.322 e. The first-order valence-corrected chi connectivity index (χ1v) is 13.4. The number of nitrogens with one attached hydrogen (secondary N) is 3. The van der Waals surface area contributed by atoms with E-state index in [1.54, 1.807) is 0 Å². The topological polar surface area (TPSA) is 229 Å². The maximum atomic E-state index is 12.5. The van der Waals surface area contributed by atoms with E-state index >= 15 is 0 Å². The third-order valence-corrected chi connectivity index (χ3v) is 6.08. The molecule has 0 aliphatic heterocycles. The number of carboxylic acid groups (broad SMARTS) is 1. The second-order valence-electron chi connectivity index (χ2n) is 10.0. The summed E-state index contributed by atoms with van der Waals surface area (Å²) in [5.41, 5.74) is 0. The predicted octanol–water partition coefficient (Wildman–Crippen LogP) is -5.21. The van der Waals surface area contributed by atoms with Crippen molar-refractivity contribution in [1.29, 1.82) is 0 Å². The van der Waals surface area contributed by atoms with Crippen molar-refractivity contribution in [3.63, 3.8) is 0 Å². The van der Waals surface area contributed by atoms with Crippen molar-refractivity contribution in [3.05, 3.63) is 12.8 Å². The summed E-state index contributed by atoms with van der Waals surface area (Å²) in [7, 11) is 8.07. The Morgan fingerprint density at radius 1 is 0.489 bits per heavy atom. The maximum Gasteiger partial charge on any atom is 0.322 e. The fourth-order valence-electron chi connectivity index (χ4n) is 3.14. The highest BCUT2D eigenvalue weighted by atomic mass is 16.4. The summed E-state index contributed by atoms with van der Waals surface area (Å²) in [5.74, 6) is -5.89. The minimum atomic E-state index is -1.24. The number of carbonyl (C=O) groups excluding carboxylic acids is 8. The van der Waals surface area contributed by atoms with Gasteiger partial charge >= 0.3 is 5.97 Å².